The summed E-state index contributed by atoms with van der Waals surface area (Å²) in [7, 11) is -3.46. The maximum Gasteiger partial charge on any atom is 0.328 e. The Morgan fingerprint density at radius 3 is 2.67 bits per heavy atom. The first-order valence-corrected chi connectivity index (χ1v) is 8.39. The van der Waals surface area contributed by atoms with E-state index in [1.807, 2.05) is 13.8 Å². The van der Waals surface area contributed by atoms with Crippen LogP contribution in [0.4, 0.5) is 0 Å². The van der Waals surface area contributed by atoms with Crippen LogP contribution >= 0.6 is 7.60 Å². The Morgan fingerprint density at radius 1 is 1.39 bits per heavy atom. The molecule has 1 unspecified atom stereocenters. The lowest BCUT2D eigenvalue weighted by atomic mass is 10.2. The van der Waals surface area contributed by atoms with Gasteiger partial charge in [0.2, 0.25) is 0 Å². The summed E-state index contributed by atoms with van der Waals surface area (Å²) >= 11 is 0. The van der Waals surface area contributed by atoms with Crippen molar-refractivity contribution in [1.29, 1.82) is 0 Å². The van der Waals surface area contributed by atoms with Gasteiger partial charge >= 0.3 is 7.60 Å². The Morgan fingerprint density at radius 2 is 2.11 bits per heavy atom. The third-order valence-corrected chi connectivity index (χ3v) is 4.26. The Balaban J connectivity index is 2.19. The van der Waals surface area contributed by atoms with E-state index in [0.29, 0.717) is 6.61 Å². The van der Waals surface area contributed by atoms with Gasteiger partial charge in [0.1, 0.15) is 6.10 Å². The third kappa shape index (κ3) is 6.30. The summed E-state index contributed by atoms with van der Waals surface area (Å²) in [5, 5.41) is 0. The normalized spacial score (nSPS) is 26.1. The Bertz CT molecular complexity index is 292. The molecule has 0 radical (unpaired) electrons. The fraction of sp³-hybridized carbons (Fsp3) is 1.00. The summed E-state index contributed by atoms with van der Waals surface area (Å²) in [6.45, 7) is 6.26. The average Bonchev–Trinajstić information content (AvgIpc) is 2.62. The van der Waals surface area contributed by atoms with E-state index in [4.69, 9.17) is 14.0 Å². The first-order valence-electron chi connectivity index (χ1n) is 6.63. The lowest BCUT2D eigenvalue weighted by Gasteiger charge is -2.18. The van der Waals surface area contributed by atoms with Crippen LogP contribution < -0.4 is 0 Å². The molecule has 0 bridgehead atoms. The number of hydrogen-bond acceptors (Lipinski definition) is 4. The largest absolute Gasteiger partial charge is 0.348 e. The topological polar surface area (TPSA) is 65.0 Å². The predicted octanol–water partition coefficient (Wildman–Crippen LogP) is 2.92. The SMILES string of the molecule is CCCCCCP(=O)(O)OC[C@H]1COC(C)(C)O1. The first-order chi connectivity index (χ1) is 8.35. The van der Waals surface area contributed by atoms with E-state index >= 15 is 0 Å². The summed E-state index contributed by atoms with van der Waals surface area (Å²) in [5.41, 5.74) is 0. The molecule has 1 fully saturated rings. The van der Waals surface area contributed by atoms with Crippen molar-refractivity contribution in [1.82, 2.24) is 0 Å². The maximum absolute atomic E-state index is 11.7. The number of ether oxygens (including phenoxy) is 2. The van der Waals surface area contributed by atoms with E-state index in [1.54, 1.807) is 0 Å². The fourth-order valence-corrected chi connectivity index (χ4v) is 3.00. The molecular formula is C12H25O5P. The van der Waals surface area contributed by atoms with Gasteiger partial charge in [0, 0.05) is 6.16 Å². The molecule has 0 saturated carbocycles. The summed E-state index contributed by atoms with van der Waals surface area (Å²) in [4.78, 5) is 9.64. The summed E-state index contributed by atoms with van der Waals surface area (Å²) in [6, 6.07) is 0. The van der Waals surface area contributed by atoms with E-state index in [0.717, 1.165) is 25.7 Å². The summed E-state index contributed by atoms with van der Waals surface area (Å²) in [5.74, 6) is -0.616. The van der Waals surface area contributed by atoms with Crippen LogP contribution in [0, 0.1) is 0 Å². The van der Waals surface area contributed by atoms with Crippen LogP contribution in [0.15, 0.2) is 0 Å². The molecule has 0 aromatic heterocycles. The molecule has 0 aromatic rings. The number of hydrogen-bond donors (Lipinski definition) is 1. The third-order valence-electron chi connectivity index (χ3n) is 2.82. The molecule has 1 saturated heterocycles. The Labute approximate surface area is 109 Å². The van der Waals surface area contributed by atoms with Gasteiger partial charge in [0.15, 0.2) is 5.79 Å². The van der Waals surface area contributed by atoms with E-state index in [1.165, 1.54) is 0 Å². The van der Waals surface area contributed by atoms with Crippen molar-refractivity contribution in [3.63, 3.8) is 0 Å². The highest BCUT2D eigenvalue weighted by molar-refractivity contribution is 7.52. The average molecular weight is 280 g/mol. The molecule has 18 heavy (non-hydrogen) atoms. The number of unbranched alkanes of at least 4 members (excludes halogenated alkanes) is 3. The molecule has 0 spiro atoms. The van der Waals surface area contributed by atoms with Crippen molar-refractivity contribution in [3.8, 4) is 0 Å². The van der Waals surface area contributed by atoms with Crippen molar-refractivity contribution in [2.75, 3.05) is 19.4 Å². The highest BCUT2D eigenvalue weighted by atomic mass is 31.2. The minimum absolute atomic E-state index is 0.116. The lowest BCUT2D eigenvalue weighted by molar-refractivity contribution is -0.141. The van der Waals surface area contributed by atoms with E-state index < -0.39 is 13.4 Å². The van der Waals surface area contributed by atoms with Gasteiger partial charge in [-0.15, -0.1) is 0 Å². The Kier molecular flexibility index (Phi) is 6.28. The molecule has 1 heterocycles. The molecular weight excluding hydrogens is 255 g/mol. The second kappa shape index (κ2) is 7.01. The van der Waals surface area contributed by atoms with E-state index in [2.05, 4.69) is 6.92 Å². The quantitative estimate of drug-likeness (QED) is 0.547. The van der Waals surface area contributed by atoms with Gasteiger partial charge in [-0.3, -0.25) is 4.57 Å². The van der Waals surface area contributed by atoms with Crippen molar-refractivity contribution < 1.29 is 23.5 Å². The van der Waals surface area contributed by atoms with E-state index in [9.17, 15) is 9.46 Å². The van der Waals surface area contributed by atoms with Gasteiger partial charge in [0.25, 0.3) is 0 Å². The molecule has 2 atom stereocenters. The molecule has 1 N–H and O–H groups in total. The van der Waals surface area contributed by atoms with Crippen LogP contribution in [-0.4, -0.2) is 36.2 Å². The van der Waals surface area contributed by atoms with E-state index in [-0.39, 0.29) is 18.9 Å². The molecule has 1 rings (SSSR count). The molecule has 1 aliphatic heterocycles. The van der Waals surface area contributed by atoms with Crippen LogP contribution in [0.3, 0.4) is 0 Å². The monoisotopic (exact) mass is 280 g/mol. The number of rotatable bonds is 8. The van der Waals surface area contributed by atoms with Crippen molar-refractivity contribution in [2.45, 2.75) is 58.3 Å². The van der Waals surface area contributed by atoms with Crippen molar-refractivity contribution in [3.05, 3.63) is 0 Å². The van der Waals surface area contributed by atoms with Crippen molar-refractivity contribution in [2.24, 2.45) is 0 Å². The van der Waals surface area contributed by atoms with Gasteiger partial charge in [0.05, 0.1) is 13.2 Å². The highest BCUT2D eigenvalue weighted by Crippen LogP contribution is 2.43. The second-order valence-corrected chi connectivity index (χ2v) is 7.15. The summed E-state index contributed by atoms with van der Waals surface area (Å²) in [6.07, 6.45) is 3.88. The molecule has 0 aliphatic carbocycles. The molecule has 0 amide bonds. The van der Waals surface area contributed by atoms with Crippen LogP contribution in [0.1, 0.15) is 46.5 Å². The van der Waals surface area contributed by atoms with Gasteiger partial charge in [-0.25, -0.2) is 0 Å². The predicted molar refractivity (Wildman–Crippen MR) is 69.7 cm³/mol. The highest BCUT2D eigenvalue weighted by Gasteiger charge is 2.34. The zero-order valence-corrected chi connectivity index (χ0v) is 12.4. The smallest absolute Gasteiger partial charge is 0.328 e. The molecule has 0 aromatic carbocycles. The van der Waals surface area contributed by atoms with Crippen LogP contribution in [0.5, 0.6) is 0 Å². The molecule has 1 aliphatic rings. The zero-order chi connectivity index (χ0) is 13.6. The standard InChI is InChI=1S/C12H25O5P/c1-4-5-6-7-8-18(13,14)16-10-11-9-15-12(2,3)17-11/h11H,4-10H2,1-3H3,(H,13,14)/t11-/m1/s1. The van der Waals surface area contributed by atoms with Crippen LogP contribution in [0.2, 0.25) is 0 Å². The minimum Gasteiger partial charge on any atom is -0.348 e. The molecule has 6 heteroatoms. The van der Waals surface area contributed by atoms with Crippen LogP contribution in [-0.2, 0) is 18.6 Å². The first kappa shape index (κ1) is 16.1. The van der Waals surface area contributed by atoms with Gasteiger partial charge in [-0.05, 0) is 20.3 Å². The maximum atomic E-state index is 11.7. The molecule has 5 nitrogen and oxygen atoms in total. The van der Waals surface area contributed by atoms with Gasteiger partial charge in [-0.1, -0.05) is 26.2 Å². The summed E-state index contributed by atoms with van der Waals surface area (Å²) < 4.78 is 27.7. The second-order valence-electron chi connectivity index (χ2n) is 5.17. The lowest BCUT2D eigenvalue weighted by Crippen LogP contribution is -2.23. The Hall–Kier alpha value is 0.0700. The van der Waals surface area contributed by atoms with Crippen molar-refractivity contribution >= 4 is 7.60 Å². The van der Waals surface area contributed by atoms with Gasteiger partial charge in [-0.2, -0.15) is 0 Å². The van der Waals surface area contributed by atoms with Crippen LogP contribution in [0.25, 0.3) is 0 Å². The molecule has 108 valence electrons. The van der Waals surface area contributed by atoms with Gasteiger partial charge < -0.3 is 18.9 Å². The zero-order valence-electron chi connectivity index (χ0n) is 11.6. The fourth-order valence-electron chi connectivity index (χ4n) is 1.85. The minimum atomic E-state index is -3.46.